The first-order valence-corrected chi connectivity index (χ1v) is 11.5. The Balaban J connectivity index is 1.62. The van der Waals surface area contributed by atoms with Gasteiger partial charge in [-0.3, -0.25) is 4.79 Å². The molecule has 1 aromatic heterocycles. The molecule has 0 saturated carbocycles. The number of para-hydroxylation sites is 1. The second kappa shape index (κ2) is 9.29. The van der Waals surface area contributed by atoms with Crippen LogP contribution in [0, 0.1) is 0 Å². The normalized spacial score (nSPS) is 19.9. The number of allylic oxidation sites excluding steroid dienone is 5. The number of amides is 1. The molecule has 1 saturated heterocycles. The van der Waals surface area contributed by atoms with Gasteiger partial charge in [0.2, 0.25) is 5.95 Å². The van der Waals surface area contributed by atoms with E-state index in [1.807, 2.05) is 29.2 Å². The van der Waals surface area contributed by atoms with E-state index < -0.39 is 11.5 Å². The Kier molecular flexibility index (Phi) is 6.58. The summed E-state index contributed by atoms with van der Waals surface area (Å²) in [5.41, 5.74) is 19.7. The molecule has 0 aliphatic carbocycles. The van der Waals surface area contributed by atoms with Crippen molar-refractivity contribution in [2.75, 3.05) is 23.7 Å². The molecule has 8 nitrogen and oxygen atoms in total. The summed E-state index contributed by atoms with van der Waals surface area (Å²) in [6, 6.07) is 7.62. The second-order valence-corrected chi connectivity index (χ2v) is 9.14. The Bertz CT molecular complexity index is 1220. The molecule has 3 heterocycles. The maximum Gasteiger partial charge on any atom is 0.268 e. The summed E-state index contributed by atoms with van der Waals surface area (Å²) in [6.07, 6.45) is 4.34. The summed E-state index contributed by atoms with van der Waals surface area (Å²) in [4.78, 5) is 23.2. The first kappa shape index (κ1) is 24.1. The number of ether oxygens (including phenoxy) is 1. The number of hydrogen-bond donors (Lipinski definition) is 3. The minimum Gasteiger partial charge on any atom is -0.485 e. The van der Waals surface area contributed by atoms with Gasteiger partial charge in [0.15, 0.2) is 0 Å². The highest BCUT2D eigenvalue weighted by Gasteiger charge is 2.48. The number of nitrogens with zero attached hydrogens (tertiary/aromatic N) is 3. The largest absolute Gasteiger partial charge is 0.485 e. The molecule has 10 heteroatoms. The smallest absolute Gasteiger partial charge is 0.268 e. The fraction of sp³-hybridized carbons (Fsp3) is 0.292. The van der Waals surface area contributed by atoms with Crippen molar-refractivity contribution >= 4 is 46.4 Å². The van der Waals surface area contributed by atoms with Crippen LogP contribution < -0.4 is 26.8 Å². The molecule has 2 aliphatic heterocycles. The maximum atomic E-state index is 12.3. The summed E-state index contributed by atoms with van der Waals surface area (Å²) in [6.45, 7) is 6.41. The van der Waals surface area contributed by atoms with Gasteiger partial charge in [-0.2, -0.15) is 4.98 Å². The molecule has 0 radical (unpaired) electrons. The summed E-state index contributed by atoms with van der Waals surface area (Å²) in [5, 5.41) is 0.433. The van der Waals surface area contributed by atoms with Crippen LogP contribution in [0.1, 0.15) is 47.4 Å². The Morgan fingerprint density at radius 3 is 2.56 bits per heavy atom. The highest BCUT2D eigenvalue weighted by atomic mass is 35.5. The molecule has 1 aromatic carbocycles. The molecular formula is C24H26Cl2N6O2. The van der Waals surface area contributed by atoms with Crippen LogP contribution in [0.2, 0.25) is 0 Å². The van der Waals surface area contributed by atoms with Crippen LogP contribution in [-0.4, -0.2) is 34.6 Å². The minimum atomic E-state index is -0.747. The standard InChI is InChI=1S/C24H26Cl2N6O2/c1-3-6-15(25)18(26)13(2)17-19(22(29)33)30-23(31-21(17)28)32-11-9-24(10-12-32)20(27)14-7-4-5-8-16(14)34-24/h3-8,20H,1,9-12,27H2,2H3,(H2,29,33)(H2,28,30,31)/b15-6+,18-13-/t20-/m1/s1. The number of fused-ring (bicyclic) bond motifs is 1. The summed E-state index contributed by atoms with van der Waals surface area (Å²) < 4.78 is 6.30. The van der Waals surface area contributed by atoms with Crippen LogP contribution in [0.4, 0.5) is 11.8 Å². The van der Waals surface area contributed by atoms with Gasteiger partial charge in [0.1, 0.15) is 22.9 Å². The van der Waals surface area contributed by atoms with Gasteiger partial charge in [-0.1, -0.05) is 54.1 Å². The van der Waals surface area contributed by atoms with Crippen molar-refractivity contribution in [3.05, 3.63) is 69.9 Å². The molecule has 34 heavy (non-hydrogen) atoms. The van der Waals surface area contributed by atoms with Crippen molar-refractivity contribution in [2.24, 2.45) is 11.5 Å². The first-order chi connectivity index (χ1) is 16.2. The first-order valence-electron chi connectivity index (χ1n) is 10.8. The minimum absolute atomic E-state index is 0.0253. The molecule has 178 valence electrons. The zero-order valence-corrected chi connectivity index (χ0v) is 20.2. The van der Waals surface area contributed by atoms with Crippen LogP contribution >= 0.6 is 23.2 Å². The number of hydrogen-bond acceptors (Lipinski definition) is 7. The zero-order chi connectivity index (χ0) is 24.6. The number of benzene rings is 1. The third kappa shape index (κ3) is 4.13. The predicted molar refractivity (Wildman–Crippen MR) is 136 cm³/mol. The second-order valence-electron chi connectivity index (χ2n) is 8.36. The Morgan fingerprint density at radius 1 is 1.26 bits per heavy atom. The molecule has 0 bridgehead atoms. The van der Waals surface area contributed by atoms with Crippen molar-refractivity contribution in [1.82, 2.24) is 9.97 Å². The van der Waals surface area contributed by atoms with Crippen LogP contribution in [0.25, 0.3) is 5.57 Å². The molecule has 1 spiro atoms. The number of nitrogens with two attached hydrogens (primary N) is 3. The van der Waals surface area contributed by atoms with Crippen molar-refractivity contribution in [3.8, 4) is 5.75 Å². The van der Waals surface area contributed by atoms with Gasteiger partial charge in [0.25, 0.3) is 5.91 Å². The quantitative estimate of drug-likeness (QED) is 0.530. The van der Waals surface area contributed by atoms with E-state index in [0.717, 1.165) is 11.3 Å². The third-order valence-electron chi connectivity index (χ3n) is 6.36. The Morgan fingerprint density at radius 2 is 1.94 bits per heavy atom. The van der Waals surface area contributed by atoms with Gasteiger partial charge >= 0.3 is 0 Å². The molecule has 6 N–H and O–H groups in total. The number of anilines is 2. The molecule has 1 amide bonds. The number of primary amides is 1. The number of rotatable bonds is 5. The van der Waals surface area contributed by atoms with E-state index in [9.17, 15) is 4.79 Å². The number of piperidine rings is 1. The van der Waals surface area contributed by atoms with Crippen LogP contribution in [-0.2, 0) is 0 Å². The summed E-state index contributed by atoms with van der Waals surface area (Å²) >= 11 is 12.6. The van der Waals surface area contributed by atoms with E-state index >= 15 is 0 Å². The molecule has 2 aromatic rings. The monoisotopic (exact) mass is 500 g/mol. The van der Waals surface area contributed by atoms with E-state index in [1.54, 1.807) is 6.92 Å². The lowest BCUT2D eigenvalue weighted by Gasteiger charge is -2.41. The van der Waals surface area contributed by atoms with Gasteiger partial charge in [0, 0.05) is 31.5 Å². The molecule has 1 atom stereocenters. The summed E-state index contributed by atoms with van der Waals surface area (Å²) in [7, 11) is 0. The lowest BCUT2D eigenvalue weighted by atomic mass is 9.83. The van der Waals surface area contributed by atoms with Crippen LogP contribution in [0.15, 0.2) is 53.1 Å². The van der Waals surface area contributed by atoms with Crippen molar-refractivity contribution in [1.29, 1.82) is 0 Å². The Hall–Kier alpha value is -3.07. The fourth-order valence-corrected chi connectivity index (χ4v) is 4.90. The zero-order valence-electron chi connectivity index (χ0n) is 18.7. The number of carbonyl (C=O) groups excluding carboxylic acids is 1. The highest BCUT2D eigenvalue weighted by molar-refractivity contribution is 6.46. The topological polar surface area (TPSA) is 133 Å². The number of nitrogen functional groups attached to an aromatic ring is 1. The van der Waals surface area contributed by atoms with Gasteiger partial charge < -0.3 is 26.8 Å². The fourth-order valence-electron chi connectivity index (χ4n) is 4.52. The van der Waals surface area contributed by atoms with Crippen LogP contribution in [0.3, 0.4) is 0 Å². The van der Waals surface area contributed by atoms with E-state index in [1.165, 1.54) is 12.2 Å². The van der Waals surface area contributed by atoms with Crippen LogP contribution in [0.5, 0.6) is 5.75 Å². The van der Waals surface area contributed by atoms with Gasteiger partial charge in [-0.25, -0.2) is 4.98 Å². The third-order valence-corrected chi connectivity index (χ3v) is 7.26. The number of aromatic nitrogens is 2. The molecule has 0 unspecified atom stereocenters. The summed E-state index contributed by atoms with van der Waals surface area (Å²) in [5.74, 6) is 0.473. The number of carbonyl (C=O) groups is 1. The average molecular weight is 501 g/mol. The Labute approximate surface area is 208 Å². The molecular weight excluding hydrogens is 475 g/mol. The molecule has 1 fully saturated rings. The van der Waals surface area contributed by atoms with E-state index in [-0.39, 0.29) is 33.2 Å². The van der Waals surface area contributed by atoms with Crippen molar-refractivity contribution in [2.45, 2.75) is 31.4 Å². The highest BCUT2D eigenvalue weighted by Crippen LogP contribution is 2.47. The maximum absolute atomic E-state index is 12.3. The number of halogens is 2. The predicted octanol–water partition coefficient (Wildman–Crippen LogP) is 3.87. The lowest BCUT2D eigenvalue weighted by Crippen LogP contribution is -2.51. The van der Waals surface area contributed by atoms with E-state index in [0.29, 0.717) is 37.5 Å². The van der Waals surface area contributed by atoms with Gasteiger partial charge in [-0.15, -0.1) is 0 Å². The van der Waals surface area contributed by atoms with Crippen molar-refractivity contribution < 1.29 is 9.53 Å². The SMILES string of the molecule is C=C/C=C(Cl)\C(Cl)=C(/C)c1c(N)nc(N2CCC3(CC2)Oc2ccccc2[C@H]3N)nc1C(N)=O. The molecule has 2 aliphatic rings. The molecule has 4 rings (SSSR count). The average Bonchev–Trinajstić information content (AvgIpc) is 3.09. The van der Waals surface area contributed by atoms with Gasteiger partial charge in [0.05, 0.1) is 21.7 Å². The van der Waals surface area contributed by atoms with E-state index in [2.05, 4.69) is 16.5 Å². The lowest BCUT2D eigenvalue weighted by molar-refractivity contribution is 0.0429. The van der Waals surface area contributed by atoms with Gasteiger partial charge in [-0.05, 0) is 24.6 Å². The van der Waals surface area contributed by atoms with Crippen molar-refractivity contribution in [3.63, 3.8) is 0 Å². The van der Waals surface area contributed by atoms with E-state index in [4.69, 9.17) is 45.1 Å².